The highest BCUT2D eigenvalue weighted by Gasteiger charge is 2.29. The third-order valence-corrected chi connectivity index (χ3v) is 1.99. The molecule has 2 amide bonds. The van der Waals surface area contributed by atoms with Gasteiger partial charge in [0.25, 0.3) is 0 Å². The summed E-state index contributed by atoms with van der Waals surface area (Å²) in [6.45, 7) is 0.496. The van der Waals surface area contributed by atoms with Crippen LogP contribution in [0.3, 0.4) is 0 Å². The van der Waals surface area contributed by atoms with E-state index in [-0.39, 0.29) is 31.2 Å². The van der Waals surface area contributed by atoms with Gasteiger partial charge in [0.2, 0.25) is 11.8 Å². The van der Waals surface area contributed by atoms with Crippen molar-refractivity contribution in [3.63, 3.8) is 0 Å². The molecule has 1 atom stereocenters. The molecule has 5 heteroatoms. The molecule has 0 saturated carbocycles. The largest absolute Gasteiger partial charge is 0.390 e. The number of likely N-dealkylation sites (N-methyl/N-ethyl adjacent to an activating group) is 1. The number of aliphatic hydroxyl groups excluding tert-OH is 1. The number of β-amino-alcohol motifs (C(OH)–C–C–N with tert-alkyl or cyclic N) is 1. The van der Waals surface area contributed by atoms with Crippen molar-refractivity contribution in [2.24, 2.45) is 0 Å². The van der Waals surface area contributed by atoms with E-state index in [0.717, 1.165) is 4.90 Å². The van der Waals surface area contributed by atoms with Gasteiger partial charge in [0.1, 0.15) is 0 Å². The maximum atomic E-state index is 11.1. The monoisotopic (exact) mass is 186 g/mol. The fraction of sp³-hybridized carbons (Fsp3) is 0.750. The molecule has 1 aliphatic rings. The number of aliphatic hydroxyl groups is 1. The smallest absolute Gasteiger partial charge is 0.229 e. The van der Waals surface area contributed by atoms with Gasteiger partial charge in [-0.2, -0.15) is 0 Å². The van der Waals surface area contributed by atoms with Gasteiger partial charge in [-0.3, -0.25) is 14.5 Å². The second-order valence-electron chi connectivity index (χ2n) is 3.11. The lowest BCUT2D eigenvalue weighted by Gasteiger charge is -2.17. The SMILES string of the molecule is CNCC(O)CN1C(=O)CCC1=O. The molecule has 1 rings (SSSR count). The van der Waals surface area contributed by atoms with Crippen LogP contribution in [0, 0.1) is 0 Å². The molecule has 1 unspecified atom stereocenters. The Kier molecular flexibility index (Phi) is 3.39. The van der Waals surface area contributed by atoms with E-state index in [1.165, 1.54) is 0 Å². The second-order valence-corrected chi connectivity index (χ2v) is 3.11. The fourth-order valence-corrected chi connectivity index (χ4v) is 1.34. The number of nitrogens with one attached hydrogen (secondary N) is 1. The molecule has 0 aromatic carbocycles. The Bertz CT molecular complexity index is 201. The Hall–Kier alpha value is -0.940. The van der Waals surface area contributed by atoms with Gasteiger partial charge in [0.15, 0.2) is 0 Å². The number of imide groups is 1. The highest BCUT2D eigenvalue weighted by molar-refractivity contribution is 6.01. The minimum absolute atomic E-state index is 0.110. The van der Waals surface area contributed by atoms with Crippen molar-refractivity contribution in [2.45, 2.75) is 18.9 Å². The molecule has 0 bridgehead atoms. The van der Waals surface area contributed by atoms with Crippen LogP contribution in [0.4, 0.5) is 0 Å². The lowest BCUT2D eigenvalue weighted by atomic mass is 10.3. The minimum atomic E-state index is -0.670. The lowest BCUT2D eigenvalue weighted by Crippen LogP contribution is -2.40. The summed E-state index contributed by atoms with van der Waals surface area (Å²) in [4.78, 5) is 23.3. The molecule has 0 aromatic heterocycles. The molecule has 5 nitrogen and oxygen atoms in total. The Balaban J connectivity index is 2.43. The first-order valence-corrected chi connectivity index (χ1v) is 4.31. The molecule has 0 aromatic rings. The van der Waals surface area contributed by atoms with Crippen molar-refractivity contribution in [1.29, 1.82) is 0 Å². The molecule has 13 heavy (non-hydrogen) atoms. The van der Waals surface area contributed by atoms with E-state index in [1.807, 2.05) is 0 Å². The highest BCUT2D eigenvalue weighted by atomic mass is 16.3. The number of rotatable bonds is 4. The van der Waals surface area contributed by atoms with Crippen molar-refractivity contribution in [3.05, 3.63) is 0 Å². The quantitative estimate of drug-likeness (QED) is 0.536. The molecular weight excluding hydrogens is 172 g/mol. The predicted octanol–water partition coefficient (Wildman–Crippen LogP) is -1.28. The summed E-state index contributed by atoms with van der Waals surface area (Å²) in [5, 5.41) is 12.1. The molecule has 0 aliphatic carbocycles. The normalized spacial score (nSPS) is 19.7. The number of hydrogen-bond donors (Lipinski definition) is 2. The van der Waals surface area contributed by atoms with Crippen LogP contribution in [-0.2, 0) is 9.59 Å². The summed E-state index contributed by atoms with van der Waals surface area (Å²) in [5.41, 5.74) is 0. The molecular formula is C8H14N2O3. The van der Waals surface area contributed by atoms with Crippen molar-refractivity contribution in [1.82, 2.24) is 10.2 Å². The van der Waals surface area contributed by atoms with Gasteiger partial charge in [0.05, 0.1) is 12.6 Å². The van der Waals surface area contributed by atoms with Gasteiger partial charge in [0, 0.05) is 19.4 Å². The maximum Gasteiger partial charge on any atom is 0.229 e. The Morgan fingerprint density at radius 3 is 2.46 bits per heavy atom. The third-order valence-electron chi connectivity index (χ3n) is 1.99. The van der Waals surface area contributed by atoms with Gasteiger partial charge >= 0.3 is 0 Å². The predicted molar refractivity (Wildman–Crippen MR) is 45.9 cm³/mol. The molecule has 1 heterocycles. The third kappa shape index (κ3) is 2.50. The number of likely N-dealkylation sites (tertiary alicyclic amines) is 1. The van der Waals surface area contributed by atoms with E-state index >= 15 is 0 Å². The van der Waals surface area contributed by atoms with E-state index in [4.69, 9.17) is 0 Å². The van der Waals surface area contributed by atoms with E-state index in [9.17, 15) is 14.7 Å². The van der Waals surface area contributed by atoms with Crippen molar-refractivity contribution < 1.29 is 14.7 Å². The van der Waals surface area contributed by atoms with Crippen molar-refractivity contribution in [2.75, 3.05) is 20.1 Å². The Morgan fingerprint density at radius 2 is 2.00 bits per heavy atom. The second kappa shape index (κ2) is 4.34. The van der Waals surface area contributed by atoms with Gasteiger partial charge in [-0.25, -0.2) is 0 Å². The molecule has 74 valence electrons. The molecule has 0 radical (unpaired) electrons. The summed E-state index contributed by atoms with van der Waals surface area (Å²) in [6, 6.07) is 0. The fourth-order valence-electron chi connectivity index (χ4n) is 1.34. The first kappa shape index (κ1) is 10.1. The zero-order chi connectivity index (χ0) is 9.84. The van der Waals surface area contributed by atoms with E-state index in [1.54, 1.807) is 7.05 Å². The summed E-state index contributed by atoms with van der Waals surface area (Å²) in [7, 11) is 1.71. The van der Waals surface area contributed by atoms with Crippen LogP contribution in [0.5, 0.6) is 0 Å². The van der Waals surface area contributed by atoms with Crippen LogP contribution in [-0.4, -0.2) is 48.1 Å². The Labute approximate surface area is 76.7 Å². The first-order chi connectivity index (χ1) is 6.15. The minimum Gasteiger partial charge on any atom is -0.390 e. The summed E-state index contributed by atoms with van der Waals surface area (Å²) >= 11 is 0. The van der Waals surface area contributed by atoms with Crippen LogP contribution in [0.2, 0.25) is 0 Å². The van der Waals surface area contributed by atoms with Crippen LogP contribution in [0.1, 0.15) is 12.8 Å². The average molecular weight is 186 g/mol. The van der Waals surface area contributed by atoms with Crippen LogP contribution >= 0.6 is 0 Å². The zero-order valence-corrected chi connectivity index (χ0v) is 7.62. The zero-order valence-electron chi connectivity index (χ0n) is 7.62. The summed E-state index contributed by atoms with van der Waals surface area (Å²) in [6.07, 6.45) is -0.105. The maximum absolute atomic E-state index is 11.1. The number of nitrogens with zero attached hydrogens (tertiary/aromatic N) is 1. The molecule has 1 saturated heterocycles. The van der Waals surface area contributed by atoms with Crippen molar-refractivity contribution in [3.8, 4) is 0 Å². The molecule has 1 fully saturated rings. The number of carbonyl (C=O) groups excluding carboxylic acids is 2. The standard InChI is InChI=1S/C8H14N2O3/c1-9-4-6(11)5-10-7(12)2-3-8(10)13/h6,9,11H,2-5H2,1H3. The molecule has 1 aliphatic heterocycles. The van der Waals surface area contributed by atoms with Crippen molar-refractivity contribution >= 4 is 11.8 Å². The van der Waals surface area contributed by atoms with Gasteiger partial charge in [-0.05, 0) is 7.05 Å². The van der Waals surface area contributed by atoms with Gasteiger partial charge in [-0.15, -0.1) is 0 Å². The number of amides is 2. The Morgan fingerprint density at radius 1 is 1.46 bits per heavy atom. The van der Waals surface area contributed by atoms with Gasteiger partial charge in [-0.1, -0.05) is 0 Å². The topological polar surface area (TPSA) is 69.6 Å². The van der Waals surface area contributed by atoms with Gasteiger partial charge < -0.3 is 10.4 Å². The van der Waals surface area contributed by atoms with Crippen LogP contribution in [0.25, 0.3) is 0 Å². The van der Waals surface area contributed by atoms with Crippen LogP contribution < -0.4 is 5.32 Å². The van der Waals surface area contributed by atoms with Crippen LogP contribution in [0.15, 0.2) is 0 Å². The average Bonchev–Trinajstić information content (AvgIpc) is 2.36. The van der Waals surface area contributed by atoms with E-state index < -0.39 is 6.10 Å². The summed E-state index contributed by atoms with van der Waals surface area (Å²) < 4.78 is 0. The first-order valence-electron chi connectivity index (χ1n) is 4.31. The highest BCUT2D eigenvalue weighted by Crippen LogP contribution is 2.11. The van der Waals surface area contributed by atoms with E-state index in [0.29, 0.717) is 6.54 Å². The number of carbonyl (C=O) groups is 2. The number of hydrogen-bond acceptors (Lipinski definition) is 4. The molecule has 2 N–H and O–H groups in total. The lowest BCUT2D eigenvalue weighted by molar-refractivity contribution is -0.139. The molecule has 0 spiro atoms. The summed E-state index contributed by atoms with van der Waals surface area (Å²) in [5.74, 6) is -0.361. The van der Waals surface area contributed by atoms with E-state index in [2.05, 4.69) is 5.32 Å².